The number of amides is 1. The number of hydrogen-bond donors (Lipinski definition) is 2. The van der Waals surface area contributed by atoms with Crippen LogP contribution in [0.4, 0.5) is 0 Å². The predicted molar refractivity (Wildman–Crippen MR) is 65.7 cm³/mol. The Balaban J connectivity index is 1.89. The van der Waals surface area contributed by atoms with E-state index in [1.807, 2.05) is 19.2 Å². The summed E-state index contributed by atoms with van der Waals surface area (Å²) in [5.74, 6) is -0.0241. The highest BCUT2D eigenvalue weighted by Crippen LogP contribution is 2.11. The number of thiazole rings is 1. The summed E-state index contributed by atoms with van der Waals surface area (Å²) in [4.78, 5) is 16.0. The molecule has 0 aliphatic heterocycles. The van der Waals surface area contributed by atoms with Gasteiger partial charge in [0.15, 0.2) is 0 Å². The van der Waals surface area contributed by atoms with Crippen LogP contribution in [0, 0.1) is 6.92 Å². The number of aromatic nitrogens is 3. The number of carbonyl (C=O) groups excluding carboxylic acids is 1. The van der Waals surface area contributed by atoms with Gasteiger partial charge in [0.1, 0.15) is 0 Å². The third-order valence-electron chi connectivity index (χ3n) is 2.41. The molecule has 1 unspecified atom stereocenters. The maximum absolute atomic E-state index is 11.8. The van der Waals surface area contributed by atoms with Crippen LogP contribution >= 0.6 is 11.3 Å². The number of aryl methyl sites for hydroxylation is 1. The van der Waals surface area contributed by atoms with Crippen LogP contribution in [0.1, 0.15) is 29.2 Å². The van der Waals surface area contributed by atoms with Crippen molar-refractivity contribution in [2.75, 3.05) is 0 Å². The third-order valence-corrected chi connectivity index (χ3v) is 3.23. The van der Waals surface area contributed by atoms with Crippen LogP contribution in [-0.4, -0.2) is 21.1 Å². The van der Waals surface area contributed by atoms with Crippen LogP contribution in [-0.2, 0) is 11.2 Å². The number of H-pyrrole nitrogens is 1. The molecule has 2 aromatic heterocycles. The minimum atomic E-state index is -0.0408. The molecule has 0 spiro atoms. The van der Waals surface area contributed by atoms with Crippen molar-refractivity contribution in [3.05, 3.63) is 34.0 Å². The molecule has 0 aliphatic rings. The number of hydrogen-bond acceptors (Lipinski definition) is 4. The van der Waals surface area contributed by atoms with Gasteiger partial charge in [-0.25, -0.2) is 4.98 Å². The van der Waals surface area contributed by atoms with Crippen molar-refractivity contribution in [3.8, 4) is 0 Å². The van der Waals surface area contributed by atoms with Crippen molar-refractivity contribution >= 4 is 17.2 Å². The quantitative estimate of drug-likeness (QED) is 0.865. The first kappa shape index (κ1) is 11.8. The van der Waals surface area contributed by atoms with E-state index in [4.69, 9.17) is 0 Å². The van der Waals surface area contributed by atoms with Gasteiger partial charge in [0.2, 0.25) is 5.91 Å². The number of nitrogens with one attached hydrogen (secondary N) is 2. The summed E-state index contributed by atoms with van der Waals surface area (Å²) in [5.41, 5.74) is 1.79. The van der Waals surface area contributed by atoms with Gasteiger partial charge in [-0.3, -0.25) is 9.89 Å². The summed E-state index contributed by atoms with van der Waals surface area (Å²) in [6.07, 6.45) is 3.81. The highest BCUT2D eigenvalue weighted by atomic mass is 32.1. The SMILES string of the molecule is Cc1nc(CC(=O)NC(C)c2cn[nH]c2)cs1. The Morgan fingerprint density at radius 2 is 2.47 bits per heavy atom. The standard InChI is InChI=1S/C11H14N4OS/c1-7(9-4-12-13-5-9)14-11(16)3-10-6-17-8(2)15-10/h4-7H,3H2,1-2H3,(H,12,13)(H,14,16). The molecule has 0 radical (unpaired) electrons. The van der Waals surface area contributed by atoms with Crippen LogP contribution in [0.2, 0.25) is 0 Å². The average molecular weight is 250 g/mol. The van der Waals surface area contributed by atoms with E-state index in [2.05, 4.69) is 20.5 Å². The number of nitrogens with zero attached hydrogens (tertiary/aromatic N) is 2. The third kappa shape index (κ3) is 3.13. The molecule has 2 rings (SSSR count). The Kier molecular flexibility index (Phi) is 3.53. The Bertz CT molecular complexity index is 491. The summed E-state index contributed by atoms with van der Waals surface area (Å²) in [7, 11) is 0. The molecule has 5 nitrogen and oxygen atoms in total. The van der Waals surface area contributed by atoms with Crippen molar-refractivity contribution in [2.24, 2.45) is 0 Å². The minimum absolute atomic E-state index is 0.0241. The second-order valence-corrected chi connectivity index (χ2v) is 4.92. The Hall–Kier alpha value is -1.69. The molecular formula is C11H14N4OS. The first-order valence-corrected chi connectivity index (χ1v) is 6.22. The molecule has 1 amide bonds. The highest BCUT2D eigenvalue weighted by Gasteiger charge is 2.11. The van der Waals surface area contributed by atoms with Crippen LogP contribution in [0.3, 0.4) is 0 Å². The van der Waals surface area contributed by atoms with E-state index in [9.17, 15) is 4.79 Å². The lowest BCUT2D eigenvalue weighted by Gasteiger charge is -2.11. The average Bonchev–Trinajstić information content (AvgIpc) is 2.89. The van der Waals surface area contributed by atoms with Gasteiger partial charge in [-0.05, 0) is 13.8 Å². The lowest BCUT2D eigenvalue weighted by Crippen LogP contribution is -2.28. The van der Waals surface area contributed by atoms with Crippen molar-refractivity contribution in [1.29, 1.82) is 0 Å². The van der Waals surface area contributed by atoms with Crippen LogP contribution in [0.5, 0.6) is 0 Å². The molecule has 2 aromatic rings. The normalized spacial score (nSPS) is 12.4. The highest BCUT2D eigenvalue weighted by molar-refractivity contribution is 7.09. The Morgan fingerprint density at radius 3 is 3.06 bits per heavy atom. The zero-order chi connectivity index (χ0) is 12.3. The number of carbonyl (C=O) groups is 1. The lowest BCUT2D eigenvalue weighted by molar-refractivity contribution is -0.121. The smallest absolute Gasteiger partial charge is 0.226 e. The van der Waals surface area contributed by atoms with Gasteiger partial charge in [0.25, 0.3) is 0 Å². The van der Waals surface area contributed by atoms with Gasteiger partial charge in [-0.1, -0.05) is 0 Å². The first-order chi connectivity index (χ1) is 8.15. The van der Waals surface area contributed by atoms with Crippen LogP contribution in [0.25, 0.3) is 0 Å². The van der Waals surface area contributed by atoms with E-state index in [0.717, 1.165) is 16.3 Å². The number of rotatable bonds is 4. The predicted octanol–water partition coefficient (Wildman–Crippen LogP) is 1.59. The molecule has 0 aliphatic carbocycles. The second kappa shape index (κ2) is 5.09. The molecule has 6 heteroatoms. The van der Waals surface area contributed by atoms with Crippen LogP contribution < -0.4 is 5.32 Å². The molecule has 0 fully saturated rings. The molecule has 17 heavy (non-hydrogen) atoms. The monoisotopic (exact) mass is 250 g/mol. The topological polar surface area (TPSA) is 70.7 Å². The maximum Gasteiger partial charge on any atom is 0.226 e. The second-order valence-electron chi connectivity index (χ2n) is 3.86. The molecule has 90 valence electrons. The van der Waals surface area contributed by atoms with Crippen molar-refractivity contribution in [2.45, 2.75) is 26.3 Å². The van der Waals surface area contributed by atoms with E-state index in [1.165, 1.54) is 0 Å². The lowest BCUT2D eigenvalue weighted by atomic mass is 10.2. The van der Waals surface area contributed by atoms with Crippen molar-refractivity contribution in [1.82, 2.24) is 20.5 Å². The minimum Gasteiger partial charge on any atom is -0.349 e. The fourth-order valence-corrected chi connectivity index (χ4v) is 2.14. The van der Waals surface area contributed by atoms with Gasteiger partial charge in [-0.2, -0.15) is 5.10 Å². The van der Waals surface area contributed by atoms with Crippen LogP contribution in [0.15, 0.2) is 17.8 Å². The van der Waals surface area contributed by atoms with E-state index >= 15 is 0 Å². The Labute approximate surface area is 103 Å². The van der Waals surface area contributed by atoms with Crippen molar-refractivity contribution in [3.63, 3.8) is 0 Å². The summed E-state index contributed by atoms with van der Waals surface area (Å²) in [5, 5.41) is 12.4. The molecule has 0 saturated carbocycles. The molecule has 0 aromatic carbocycles. The van der Waals surface area contributed by atoms with Gasteiger partial charge in [0, 0.05) is 17.1 Å². The maximum atomic E-state index is 11.8. The Morgan fingerprint density at radius 1 is 1.65 bits per heavy atom. The molecule has 1 atom stereocenters. The summed E-state index contributed by atoms with van der Waals surface area (Å²) in [6, 6.07) is -0.0408. The first-order valence-electron chi connectivity index (χ1n) is 5.34. The number of aromatic amines is 1. The summed E-state index contributed by atoms with van der Waals surface area (Å²) >= 11 is 1.56. The summed E-state index contributed by atoms with van der Waals surface area (Å²) < 4.78 is 0. The molecular weight excluding hydrogens is 236 g/mol. The van der Waals surface area contributed by atoms with Crippen molar-refractivity contribution < 1.29 is 4.79 Å². The molecule has 2 N–H and O–H groups in total. The molecule has 2 heterocycles. The fourth-order valence-electron chi connectivity index (χ4n) is 1.53. The van der Waals surface area contributed by atoms with E-state index in [-0.39, 0.29) is 11.9 Å². The zero-order valence-corrected chi connectivity index (χ0v) is 10.5. The molecule has 0 bridgehead atoms. The van der Waals surface area contributed by atoms with Gasteiger partial charge in [0.05, 0.1) is 29.4 Å². The fraction of sp³-hybridized carbons (Fsp3) is 0.364. The largest absolute Gasteiger partial charge is 0.349 e. The van der Waals surface area contributed by atoms with E-state index in [0.29, 0.717) is 6.42 Å². The van der Waals surface area contributed by atoms with Gasteiger partial charge >= 0.3 is 0 Å². The van der Waals surface area contributed by atoms with Gasteiger partial charge < -0.3 is 5.32 Å². The molecule has 0 saturated heterocycles. The van der Waals surface area contributed by atoms with E-state index in [1.54, 1.807) is 23.7 Å². The van der Waals surface area contributed by atoms with E-state index < -0.39 is 0 Å². The zero-order valence-electron chi connectivity index (χ0n) is 9.73. The summed E-state index contributed by atoms with van der Waals surface area (Å²) in [6.45, 7) is 3.86. The van der Waals surface area contributed by atoms with Gasteiger partial charge in [-0.15, -0.1) is 11.3 Å².